The molecule has 1 amide bonds. The van der Waals surface area contributed by atoms with Gasteiger partial charge >= 0.3 is 0 Å². The monoisotopic (exact) mass is 365 g/mol. The molecule has 1 aromatic carbocycles. The molecule has 1 aromatic heterocycles. The zero-order valence-corrected chi connectivity index (χ0v) is 14.6. The Labute approximate surface area is 145 Å². The quantitative estimate of drug-likeness (QED) is 0.906. The van der Waals surface area contributed by atoms with Crippen molar-refractivity contribution >= 4 is 39.0 Å². The van der Waals surface area contributed by atoms with E-state index >= 15 is 0 Å². The maximum Gasteiger partial charge on any atom is 0.256 e. The number of aryl methyl sites for hydroxylation is 1. The standard InChI is InChI=1S/C16H16ClN3O3S/c1-24(22,23)20-8-2-3-11-9-12(4-6-14(11)20)16(21)19-15-7-5-13(17)10-18-15/h4-7,9-10H,2-3,8H2,1H3,(H,18,19,21). The van der Waals surface area contributed by atoms with E-state index in [1.165, 1.54) is 16.8 Å². The molecule has 2 aromatic rings. The highest BCUT2D eigenvalue weighted by molar-refractivity contribution is 7.92. The van der Waals surface area contributed by atoms with Crippen LogP contribution in [0.5, 0.6) is 0 Å². The molecule has 0 saturated carbocycles. The summed E-state index contributed by atoms with van der Waals surface area (Å²) in [5, 5.41) is 3.18. The first-order chi connectivity index (χ1) is 11.3. The minimum atomic E-state index is -3.31. The van der Waals surface area contributed by atoms with Crippen molar-refractivity contribution in [1.29, 1.82) is 0 Å². The van der Waals surface area contributed by atoms with Crippen LogP contribution in [-0.4, -0.2) is 32.1 Å². The van der Waals surface area contributed by atoms with Gasteiger partial charge in [-0.2, -0.15) is 0 Å². The number of benzene rings is 1. The SMILES string of the molecule is CS(=O)(=O)N1CCCc2cc(C(=O)Nc3ccc(Cl)cn3)ccc21. The number of halogens is 1. The molecule has 0 fully saturated rings. The van der Waals surface area contributed by atoms with Gasteiger partial charge in [-0.25, -0.2) is 13.4 Å². The molecular formula is C16H16ClN3O3S. The first kappa shape index (κ1) is 16.7. The molecular weight excluding hydrogens is 350 g/mol. The number of nitrogens with one attached hydrogen (secondary N) is 1. The van der Waals surface area contributed by atoms with Crippen LogP contribution < -0.4 is 9.62 Å². The number of amides is 1. The summed E-state index contributed by atoms with van der Waals surface area (Å²) in [7, 11) is -3.31. The number of nitrogens with zero attached hydrogens (tertiary/aromatic N) is 2. The van der Waals surface area contributed by atoms with Crippen molar-refractivity contribution in [3.05, 3.63) is 52.7 Å². The predicted molar refractivity (Wildman–Crippen MR) is 94.2 cm³/mol. The van der Waals surface area contributed by atoms with Crippen molar-refractivity contribution < 1.29 is 13.2 Å². The number of hydrogen-bond acceptors (Lipinski definition) is 4. The first-order valence-corrected chi connectivity index (χ1v) is 9.61. The Morgan fingerprint density at radius 3 is 2.75 bits per heavy atom. The molecule has 0 bridgehead atoms. The summed E-state index contributed by atoms with van der Waals surface area (Å²) in [6.07, 6.45) is 4.11. The Morgan fingerprint density at radius 2 is 2.08 bits per heavy atom. The highest BCUT2D eigenvalue weighted by Crippen LogP contribution is 2.30. The third-order valence-electron chi connectivity index (χ3n) is 3.79. The summed E-state index contributed by atoms with van der Waals surface area (Å²) in [4.78, 5) is 16.4. The highest BCUT2D eigenvalue weighted by Gasteiger charge is 2.24. The van der Waals surface area contributed by atoms with E-state index in [9.17, 15) is 13.2 Å². The lowest BCUT2D eigenvalue weighted by atomic mass is 10.0. The number of carbonyl (C=O) groups is 1. The fourth-order valence-corrected chi connectivity index (χ4v) is 3.79. The Balaban J connectivity index is 1.85. The molecule has 0 radical (unpaired) electrons. The van der Waals surface area contributed by atoms with Gasteiger partial charge in [0.1, 0.15) is 5.82 Å². The Hall–Kier alpha value is -2.12. The molecule has 0 aliphatic carbocycles. The van der Waals surface area contributed by atoms with Gasteiger partial charge in [0.25, 0.3) is 5.91 Å². The van der Waals surface area contributed by atoms with Crippen LogP contribution in [0.2, 0.25) is 5.02 Å². The number of anilines is 2. The lowest BCUT2D eigenvalue weighted by Crippen LogP contribution is -2.34. The number of pyridine rings is 1. The van der Waals surface area contributed by atoms with E-state index in [-0.39, 0.29) is 5.91 Å². The second-order valence-corrected chi connectivity index (χ2v) is 7.94. The smallest absolute Gasteiger partial charge is 0.256 e. The van der Waals surface area contributed by atoms with Gasteiger partial charge in [-0.15, -0.1) is 0 Å². The van der Waals surface area contributed by atoms with Crippen LogP contribution in [0, 0.1) is 0 Å². The van der Waals surface area contributed by atoms with E-state index in [1.54, 1.807) is 30.3 Å². The Bertz CT molecular complexity index is 882. The first-order valence-electron chi connectivity index (χ1n) is 7.38. The van der Waals surface area contributed by atoms with E-state index in [2.05, 4.69) is 10.3 Å². The molecule has 2 heterocycles. The van der Waals surface area contributed by atoms with E-state index in [1.807, 2.05) is 0 Å². The summed E-state index contributed by atoms with van der Waals surface area (Å²) in [5.41, 5.74) is 1.95. The number of rotatable bonds is 3. The summed E-state index contributed by atoms with van der Waals surface area (Å²) < 4.78 is 25.1. The van der Waals surface area contributed by atoms with E-state index in [4.69, 9.17) is 11.6 Å². The van der Waals surface area contributed by atoms with Crippen molar-refractivity contribution in [1.82, 2.24) is 4.98 Å². The van der Waals surface area contributed by atoms with Gasteiger partial charge in [0, 0.05) is 18.3 Å². The number of carbonyl (C=O) groups excluding carboxylic acids is 1. The van der Waals surface area contributed by atoms with E-state index in [0.717, 1.165) is 18.4 Å². The van der Waals surface area contributed by atoms with Crippen molar-refractivity contribution in [3.63, 3.8) is 0 Å². The number of aromatic nitrogens is 1. The van der Waals surface area contributed by atoms with Crippen molar-refractivity contribution in [2.24, 2.45) is 0 Å². The molecule has 3 rings (SSSR count). The summed E-state index contributed by atoms with van der Waals surface area (Å²) in [6, 6.07) is 8.29. The summed E-state index contributed by atoms with van der Waals surface area (Å²) in [6.45, 7) is 0.464. The molecule has 0 unspecified atom stereocenters. The molecule has 24 heavy (non-hydrogen) atoms. The average molecular weight is 366 g/mol. The second-order valence-electron chi connectivity index (χ2n) is 5.60. The number of sulfonamides is 1. The summed E-state index contributed by atoms with van der Waals surface area (Å²) >= 11 is 5.77. The average Bonchev–Trinajstić information content (AvgIpc) is 2.55. The molecule has 8 heteroatoms. The van der Waals surface area contributed by atoms with Gasteiger partial charge in [0.05, 0.1) is 17.0 Å². The topological polar surface area (TPSA) is 79.4 Å². The summed E-state index contributed by atoms with van der Waals surface area (Å²) in [5.74, 6) is 0.101. The number of fused-ring (bicyclic) bond motifs is 1. The van der Waals surface area contributed by atoms with Gasteiger partial charge < -0.3 is 5.32 Å². The van der Waals surface area contributed by atoms with Gasteiger partial charge in [-0.1, -0.05) is 11.6 Å². The molecule has 1 N–H and O–H groups in total. The zero-order valence-electron chi connectivity index (χ0n) is 13.0. The molecule has 1 aliphatic rings. The van der Waals surface area contributed by atoms with Crippen LogP contribution in [-0.2, 0) is 16.4 Å². The van der Waals surface area contributed by atoms with E-state index in [0.29, 0.717) is 28.6 Å². The Morgan fingerprint density at radius 1 is 1.29 bits per heavy atom. The molecule has 0 spiro atoms. The third kappa shape index (κ3) is 3.52. The normalized spacial score (nSPS) is 14.2. The fraction of sp³-hybridized carbons (Fsp3) is 0.250. The molecule has 0 atom stereocenters. The van der Waals surface area contributed by atoms with Gasteiger partial charge in [0.15, 0.2) is 0 Å². The van der Waals surface area contributed by atoms with Crippen molar-refractivity contribution in [3.8, 4) is 0 Å². The molecule has 1 aliphatic heterocycles. The maximum absolute atomic E-state index is 12.3. The minimum absolute atomic E-state index is 0.302. The van der Waals surface area contributed by atoms with Crippen LogP contribution in [0.4, 0.5) is 11.5 Å². The van der Waals surface area contributed by atoms with Gasteiger partial charge in [0.2, 0.25) is 10.0 Å². The fourth-order valence-electron chi connectivity index (χ4n) is 2.69. The second kappa shape index (κ2) is 6.41. The van der Waals surface area contributed by atoms with Gasteiger partial charge in [-0.3, -0.25) is 9.10 Å². The largest absolute Gasteiger partial charge is 0.307 e. The Kier molecular flexibility index (Phi) is 4.47. The zero-order chi connectivity index (χ0) is 17.3. The van der Waals surface area contributed by atoms with Crippen LogP contribution in [0.1, 0.15) is 22.3 Å². The van der Waals surface area contributed by atoms with Gasteiger partial charge in [-0.05, 0) is 48.7 Å². The van der Waals surface area contributed by atoms with Crippen molar-refractivity contribution in [2.45, 2.75) is 12.8 Å². The molecule has 6 nitrogen and oxygen atoms in total. The van der Waals surface area contributed by atoms with Crippen molar-refractivity contribution in [2.75, 3.05) is 22.4 Å². The highest BCUT2D eigenvalue weighted by atomic mass is 35.5. The molecule has 0 saturated heterocycles. The van der Waals surface area contributed by atoms with E-state index < -0.39 is 10.0 Å². The minimum Gasteiger partial charge on any atom is -0.307 e. The molecule has 126 valence electrons. The van der Waals surface area contributed by atoms with Crippen LogP contribution in [0.25, 0.3) is 0 Å². The lowest BCUT2D eigenvalue weighted by molar-refractivity contribution is 0.102. The predicted octanol–water partition coefficient (Wildman–Crippen LogP) is 2.70. The number of hydrogen-bond donors (Lipinski definition) is 1. The van der Waals surface area contributed by atoms with Crippen LogP contribution in [0.3, 0.4) is 0 Å². The van der Waals surface area contributed by atoms with Crippen LogP contribution >= 0.6 is 11.6 Å². The van der Waals surface area contributed by atoms with Crippen LogP contribution in [0.15, 0.2) is 36.5 Å². The third-order valence-corrected chi connectivity index (χ3v) is 5.19. The maximum atomic E-state index is 12.3. The lowest BCUT2D eigenvalue weighted by Gasteiger charge is -2.29.